The number of nitrogens with zero attached hydrogens (tertiary/aromatic N) is 5. The number of amides is 2. The van der Waals surface area contributed by atoms with Crippen molar-refractivity contribution in [3.8, 4) is 5.82 Å². The monoisotopic (exact) mass is 394 g/mol. The minimum atomic E-state index is -0.558. The second-order valence-electron chi connectivity index (χ2n) is 6.97. The van der Waals surface area contributed by atoms with Crippen molar-refractivity contribution in [1.82, 2.24) is 19.7 Å². The Bertz CT molecular complexity index is 1100. The van der Waals surface area contributed by atoms with Crippen molar-refractivity contribution in [2.75, 3.05) is 16.8 Å². The zero-order valence-corrected chi connectivity index (χ0v) is 16.0. The van der Waals surface area contributed by atoms with Gasteiger partial charge in [-0.2, -0.15) is 5.10 Å². The van der Waals surface area contributed by atoms with Gasteiger partial charge in [0.15, 0.2) is 5.82 Å². The summed E-state index contributed by atoms with van der Waals surface area (Å²) in [5.41, 5.74) is 2.21. The molecule has 8 nitrogen and oxygen atoms in total. The average Bonchev–Trinajstić information content (AvgIpc) is 3.24. The fraction of sp³-hybridized carbons (Fsp3) is 0.250. The molecule has 1 fully saturated rings. The van der Waals surface area contributed by atoms with E-state index in [4.69, 9.17) is 0 Å². The quantitative estimate of drug-likeness (QED) is 0.734. The molecule has 1 atom stereocenters. The van der Waals surface area contributed by atoms with Crippen LogP contribution in [0.4, 0.5) is 15.9 Å². The van der Waals surface area contributed by atoms with Crippen LogP contribution >= 0.6 is 0 Å². The van der Waals surface area contributed by atoms with Crippen LogP contribution in [0.1, 0.15) is 17.8 Å². The van der Waals surface area contributed by atoms with Gasteiger partial charge in [0.2, 0.25) is 11.8 Å². The molecule has 0 unspecified atom stereocenters. The maximum Gasteiger partial charge on any atom is 0.230 e. The first-order valence-corrected chi connectivity index (χ1v) is 9.13. The summed E-state index contributed by atoms with van der Waals surface area (Å²) in [7, 11) is 0. The zero-order valence-electron chi connectivity index (χ0n) is 16.0. The topological polar surface area (TPSA) is 93.0 Å². The number of benzene rings is 1. The minimum Gasteiger partial charge on any atom is -0.311 e. The third-order valence-electron chi connectivity index (χ3n) is 4.75. The maximum absolute atomic E-state index is 13.5. The summed E-state index contributed by atoms with van der Waals surface area (Å²) < 4.78 is 15.1. The molecule has 3 heterocycles. The van der Waals surface area contributed by atoms with Crippen LogP contribution in [0.2, 0.25) is 0 Å². The van der Waals surface area contributed by atoms with Gasteiger partial charge >= 0.3 is 0 Å². The zero-order chi connectivity index (χ0) is 20.5. The summed E-state index contributed by atoms with van der Waals surface area (Å²) >= 11 is 0. The SMILES string of the molecule is Cc1cc(C)n(-c2cc(NC(=O)[C@H]3CC(=O)N(c4cccc(F)c4)C3)ncn2)n1. The van der Waals surface area contributed by atoms with Crippen LogP contribution in [0.5, 0.6) is 0 Å². The molecule has 0 spiro atoms. The molecule has 3 aromatic rings. The van der Waals surface area contributed by atoms with E-state index in [1.54, 1.807) is 16.8 Å². The fourth-order valence-corrected chi connectivity index (χ4v) is 3.40. The number of nitrogens with one attached hydrogen (secondary N) is 1. The van der Waals surface area contributed by atoms with Crippen molar-refractivity contribution >= 4 is 23.3 Å². The lowest BCUT2D eigenvalue weighted by Gasteiger charge is -2.16. The van der Waals surface area contributed by atoms with Gasteiger partial charge < -0.3 is 10.2 Å². The van der Waals surface area contributed by atoms with Gasteiger partial charge in [0.05, 0.1) is 11.6 Å². The van der Waals surface area contributed by atoms with E-state index in [2.05, 4.69) is 20.4 Å². The van der Waals surface area contributed by atoms with E-state index in [1.807, 2.05) is 19.9 Å². The van der Waals surface area contributed by atoms with Crippen LogP contribution < -0.4 is 10.2 Å². The minimum absolute atomic E-state index is 0.0533. The summed E-state index contributed by atoms with van der Waals surface area (Å²) in [5.74, 6) is -0.676. The summed E-state index contributed by atoms with van der Waals surface area (Å²) in [5, 5.41) is 7.11. The molecular formula is C20H19FN6O2. The van der Waals surface area contributed by atoms with Gasteiger partial charge in [-0.05, 0) is 38.1 Å². The second kappa shape index (κ2) is 7.42. The molecule has 2 aromatic heterocycles. The maximum atomic E-state index is 13.5. The van der Waals surface area contributed by atoms with E-state index in [0.29, 0.717) is 17.3 Å². The van der Waals surface area contributed by atoms with Crippen LogP contribution in [0.3, 0.4) is 0 Å². The van der Waals surface area contributed by atoms with Crippen molar-refractivity contribution in [3.05, 3.63) is 59.9 Å². The molecule has 1 saturated heterocycles. The lowest BCUT2D eigenvalue weighted by atomic mass is 10.1. The molecule has 1 N–H and O–H groups in total. The summed E-state index contributed by atoms with van der Waals surface area (Å²) in [6.45, 7) is 3.98. The number of hydrogen-bond acceptors (Lipinski definition) is 5. The summed E-state index contributed by atoms with van der Waals surface area (Å²) in [6, 6.07) is 9.32. The average molecular weight is 394 g/mol. The van der Waals surface area contributed by atoms with Crippen LogP contribution in [0, 0.1) is 25.6 Å². The summed E-state index contributed by atoms with van der Waals surface area (Å²) in [4.78, 5) is 34.7. The predicted octanol–water partition coefficient (Wildman–Crippen LogP) is 2.41. The number of aryl methyl sites for hydroxylation is 2. The van der Waals surface area contributed by atoms with Crippen molar-refractivity contribution in [2.24, 2.45) is 5.92 Å². The standard InChI is InChI=1S/C20H19FN6O2/c1-12-6-13(2)27(25-12)18-9-17(22-11-23-18)24-20(29)14-7-19(28)26(10-14)16-5-3-4-15(21)8-16/h3-6,8-9,11,14H,7,10H2,1-2H3,(H,22,23,24,29)/t14-/m0/s1. The number of carbonyl (C=O) groups excluding carboxylic acids is 2. The molecule has 4 rings (SSSR count). The number of carbonyl (C=O) groups is 2. The molecule has 0 radical (unpaired) electrons. The molecular weight excluding hydrogens is 375 g/mol. The predicted molar refractivity (Wildman–Crippen MR) is 104 cm³/mol. The molecule has 1 aliphatic rings. The smallest absolute Gasteiger partial charge is 0.230 e. The lowest BCUT2D eigenvalue weighted by Crippen LogP contribution is -2.28. The van der Waals surface area contributed by atoms with Crippen molar-refractivity contribution < 1.29 is 14.0 Å². The highest BCUT2D eigenvalue weighted by Gasteiger charge is 2.35. The van der Waals surface area contributed by atoms with Crippen LogP contribution in [0.15, 0.2) is 42.7 Å². The molecule has 29 heavy (non-hydrogen) atoms. The van der Waals surface area contributed by atoms with Gasteiger partial charge in [-0.15, -0.1) is 0 Å². The normalized spacial score (nSPS) is 16.3. The second-order valence-corrected chi connectivity index (χ2v) is 6.97. The molecule has 9 heteroatoms. The van der Waals surface area contributed by atoms with Gasteiger partial charge in [0.25, 0.3) is 0 Å². The Morgan fingerprint density at radius 1 is 1.21 bits per heavy atom. The van der Waals surface area contributed by atoms with Gasteiger partial charge in [0, 0.05) is 30.4 Å². The molecule has 2 amide bonds. The van der Waals surface area contributed by atoms with Crippen LogP contribution in [-0.4, -0.2) is 38.1 Å². The first-order valence-electron chi connectivity index (χ1n) is 9.13. The van der Waals surface area contributed by atoms with Gasteiger partial charge in [0.1, 0.15) is 18.0 Å². The highest BCUT2D eigenvalue weighted by Crippen LogP contribution is 2.26. The first kappa shape index (κ1) is 18.7. The molecule has 0 bridgehead atoms. The molecule has 0 aliphatic carbocycles. The third kappa shape index (κ3) is 3.84. The largest absolute Gasteiger partial charge is 0.311 e. The van der Waals surface area contributed by atoms with Crippen molar-refractivity contribution in [1.29, 1.82) is 0 Å². The Morgan fingerprint density at radius 2 is 2.03 bits per heavy atom. The Labute approximate surface area is 166 Å². The Hall–Kier alpha value is -3.62. The molecule has 148 valence electrons. The fourth-order valence-electron chi connectivity index (χ4n) is 3.40. The van der Waals surface area contributed by atoms with Crippen LogP contribution in [0.25, 0.3) is 5.82 Å². The van der Waals surface area contributed by atoms with E-state index < -0.39 is 11.7 Å². The van der Waals surface area contributed by atoms with Gasteiger partial charge in [-0.1, -0.05) is 6.07 Å². The van der Waals surface area contributed by atoms with E-state index in [-0.39, 0.29) is 24.8 Å². The lowest BCUT2D eigenvalue weighted by molar-refractivity contribution is -0.122. The van der Waals surface area contributed by atoms with Crippen molar-refractivity contribution in [2.45, 2.75) is 20.3 Å². The molecule has 0 saturated carbocycles. The van der Waals surface area contributed by atoms with Crippen LogP contribution in [-0.2, 0) is 9.59 Å². The van der Waals surface area contributed by atoms with E-state index in [1.165, 1.54) is 29.4 Å². The van der Waals surface area contributed by atoms with Crippen molar-refractivity contribution in [3.63, 3.8) is 0 Å². The number of hydrogen-bond donors (Lipinski definition) is 1. The molecule has 1 aromatic carbocycles. The third-order valence-corrected chi connectivity index (χ3v) is 4.75. The van der Waals surface area contributed by atoms with Gasteiger partial charge in [-0.3, -0.25) is 9.59 Å². The Morgan fingerprint density at radius 3 is 2.76 bits per heavy atom. The number of aromatic nitrogens is 4. The highest BCUT2D eigenvalue weighted by atomic mass is 19.1. The number of rotatable bonds is 4. The number of halogens is 1. The number of anilines is 2. The highest BCUT2D eigenvalue weighted by molar-refractivity contribution is 6.03. The van der Waals surface area contributed by atoms with E-state index >= 15 is 0 Å². The molecule has 1 aliphatic heterocycles. The van der Waals surface area contributed by atoms with Gasteiger partial charge in [-0.25, -0.2) is 19.0 Å². The first-order chi connectivity index (χ1) is 13.9. The van der Waals surface area contributed by atoms with E-state index in [0.717, 1.165) is 11.4 Å². The summed E-state index contributed by atoms with van der Waals surface area (Å²) in [6.07, 6.45) is 1.40. The van der Waals surface area contributed by atoms with E-state index in [9.17, 15) is 14.0 Å². The Balaban J connectivity index is 1.48. The Kier molecular flexibility index (Phi) is 4.79.